The first-order chi connectivity index (χ1) is 7.93. The van der Waals surface area contributed by atoms with Crippen LogP contribution in [-0.2, 0) is 6.54 Å². The first-order valence-corrected chi connectivity index (χ1v) is 5.84. The van der Waals surface area contributed by atoms with Crippen LogP contribution < -0.4 is 5.32 Å². The lowest BCUT2D eigenvalue weighted by Gasteiger charge is -2.19. The van der Waals surface area contributed by atoms with E-state index in [9.17, 15) is 0 Å². The summed E-state index contributed by atoms with van der Waals surface area (Å²) in [7, 11) is 0. The van der Waals surface area contributed by atoms with Gasteiger partial charge < -0.3 is 5.32 Å². The van der Waals surface area contributed by atoms with E-state index in [1.165, 1.54) is 22.4 Å². The molecule has 1 aromatic rings. The average Bonchev–Trinajstić information content (AvgIpc) is 2.32. The van der Waals surface area contributed by atoms with Gasteiger partial charge in [0.05, 0.1) is 0 Å². The molecule has 0 atom stereocenters. The van der Waals surface area contributed by atoms with Gasteiger partial charge in [-0.1, -0.05) is 48.6 Å². The summed E-state index contributed by atoms with van der Waals surface area (Å²) >= 11 is 0. The number of hydrogen-bond acceptors (Lipinski definition) is 1. The highest BCUT2D eigenvalue weighted by molar-refractivity contribution is 5.60. The van der Waals surface area contributed by atoms with Crippen LogP contribution in [0.3, 0.4) is 0 Å². The fourth-order valence-corrected chi connectivity index (χ4v) is 2.25. The monoisotopic (exact) mass is 209 g/mol. The van der Waals surface area contributed by atoms with Gasteiger partial charge in [-0.15, -0.1) is 0 Å². The van der Waals surface area contributed by atoms with Crippen molar-refractivity contribution >= 4 is 6.08 Å². The Hall–Kier alpha value is -1.76. The Morgan fingerprint density at radius 1 is 0.938 bits per heavy atom. The summed E-state index contributed by atoms with van der Waals surface area (Å²) in [6.07, 6.45) is 11.4. The van der Waals surface area contributed by atoms with Crippen molar-refractivity contribution in [1.82, 2.24) is 5.32 Å². The van der Waals surface area contributed by atoms with Crippen LogP contribution in [-0.4, -0.2) is 0 Å². The SMILES string of the molecule is C1=C2/C=C\c3ccccc3CNC2=CCC1. The summed E-state index contributed by atoms with van der Waals surface area (Å²) in [5.41, 5.74) is 5.31. The van der Waals surface area contributed by atoms with E-state index in [0.717, 1.165) is 19.4 Å². The molecule has 0 radical (unpaired) electrons. The van der Waals surface area contributed by atoms with E-state index >= 15 is 0 Å². The molecule has 0 fully saturated rings. The molecular weight excluding hydrogens is 194 g/mol. The lowest BCUT2D eigenvalue weighted by molar-refractivity contribution is 0.798. The van der Waals surface area contributed by atoms with E-state index in [0.29, 0.717) is 0 Å². The standard InChI is InChI=1S/C15H15N/c1-2-7-14-11-16-15-8-4-3-6-13(15)10-9-12(14)5-1/h1-2,5-10,16H,3-4,11H2/b10-9-. The number of allylic oxidation sites excluding steroid dienone is 3. The van der Waals surface area contributed by atoms with Gasteiger partial charge in [-0.05, 0) is 29.5 Å². The molecule has 1 heterocycles. The first-order valence-electron chi connectivity index (χ1n) is 5.84. The highest BCUT2D eigenvalue weighted by atomic mass is 14.9. The summed E-state index contributed by atoms with van der Waals surface area (Å²) in [6, 6.07) is 8.55. The number of hydrogen-bond donors (Lipinski definition) is 1. The fraction of sp³-hybridized carbons (Fsp3) is 0.200. The molecular formula is C15H15N. The molecule has 1 heteroatoms. The van der Waals surface area contributed by atoms with Crippen LogP contribution in [0.15, 0.2) is 53.8 Å². The summed E-state index contributed by atoms with van der Waals surface area (Å²) in [4.78, 5) is 0. The van der Waals surface area contributed by atoms with Crippen molar-refractivity contribution in [3.8, 4) is 0 Å². The first kappa shape index (κ1) is 9.46. The quantitative estimate of drug-likeness (QED) is 0.690. The molecule has 80 valence electrons. The largest absolute Gasteiger partial charge is 0.381 e. The van der Waals surface area contributed by atoms with Gasteiger partial charge in [0.1, 0.15) is 0 Å². The zero-order valence-electron chi connectivity index (χ0n) is 9.24. The van der Waals surface area contributed by atoms with Crippen LogP contribution in [0.25, 0.3) is 6.08 Å². The maximum absolute atomic E-state index is 3.52. The molecule has 1 N–H and O–H groups in total. The minimum absolute atomic E-state index is 0.920. The van der Waals surface area contributed by atoms with Crippen LogP contribution in [0.4, 0.5) is 0 Å². The Labute approximate surface area is 96.2 Å². The van der Waals surface area contributed by atoms with Crippen molar-refractivity contribution in [2.75, 3.05) is 0 Å². The fourth-order valence-electron chi connectivity index (χ4n) is 2.25. The zero-order valence-corrected chi connectivity index (χ0v) is 9.24. The second kappa shape index (κ2) is 4.01. The lowest BCUT2D eigenvalue weighted by atomic mass is 9.98. The third-order valence-electron chi connectivity index (χ3n) is 3.16. The Morgan fingerprint density at radius 2 is 1.81 bits per heavy atom. The molecule has 0 amide bonds. The van der Waals surface area contributed by atoms with Gasteiger partial charge in [-0.3, -0.25) is 0 Å². The maximum atomic E-state index is 3.52. The van der Waals surface area contributed by atoms with Crippen LogP contribution >= 0.6 is 0 Å². The Balaban J connectivity index is 2.03. The van der Waals surface area contributed by atoms with Crippen molar-refractivity contribution in [2.45, 2.75) is 19.4 Å². The van der Waals surface area contributed by atoms with Gasteiger partial charge >= 0.3 is 0 Å². The van der Waals surface area contributed by atoms with Crippen molar-refractivity contribution in [3.63, 3.8) is 0 Å². The van der Waals surface area contributed by atoms with Gasteiger partial charge in [0.15, 0.2) is 0 Å². The molecule has 16 heavy (non-hydrogen) atoms. The molecule has 1 nitrogen and oxygen atoms in total. The van der Waals surface area contributed by atoms with E-state index in [1.807, 2.05) is 0 Å². The molecule has 1 aliphatic heterocycles. The van der Waals surface area contributed by atoms with Crippen LogP contribution in [0, 0.1) is 0 Å². The summed E-state index contributed by atoms with van der Waals surface area (Å²) < 4.78 is 0. The molecule has 0 unspecified atom stereocenters. The second-order valence-electron chi connectivity index (χ2n) is 4.24. The van der Waals surface area contributed by atoms with Crippen LogP contribution in [0.2, 0.25) is 0 Å². The Bertz CT molecular complexity index is 492. The number of nitrogens with one attached hydrogen (secondary N) is 1. The highest BCUT2D eigenvalue weighted by Gasteiger charge is 2.09. The number of benzene rings is 1. The molecule has 0 spiro atoms. The third-order valence-corrected chi connectivity index (χ3v) is 3.16. The van der Waals surface area contributed by atoms with Crippen LogP contribution in [0.1, 0.15) is 24.0 Å². The minimum Gasteiger partial charge on any atom is -0.381 e. The Kier molecular flexibility index (Phi) is 2.37. The van der Waals surface area contributed by atoms with Crippen molar-refractivity contribution in [3.05, 3.63) is 64.9 Å². The number of rotatable bonds is 0. The Morgan fingerprint density at radius 3 is 2.81 bits per heavy atom. The second-order valence-corrected chi connectivity index (χ2v) is 4.24. The molecule has 1 aromatic carbocycles. The lowest BCUT2D eigenvalue weighted by Crippen LogP contribution is -2.17. The zero-order chi connectivity index (χ0) is 10.8. The molecule has 2 aliphatic rings. The minimum atomic E-state index is 0.920. The van der Waals surface area contributed by atoms with Gasteiger partial charge in [-0.2, -0.15) is 0 Å². The maximum Gasteiger partial charge on any atom is 0.0406 e. The highest BCUT2D eigenvalue weighted by Crippen LogP contribution is 2.23. The predicted molar refractivity (Wildman–Crippen MR) is 67.7 cm³/mol. The molecule has 0 saturated carbocycles. The summed E-state index contributed by atoms with van der Waals surface area (Å²) in [6.45, 7) is 0.920. The molecule has 0 bridgehead atoms. The summed E-state index contributed by atoms with van der Waals surface area (Å²) in [5, 5.41) is 3.52. The number of fused-ring (bicyclic) bond motifs is 2. The molecule has 0 aromatic heterocycles. The third kappa shape index (κ3) is 1.69. The summed E-state index contributed by atoms with van der Waals surface area (Å²) in [5.74, 6) is 0. The van der Waals surface area contributed by atoms with E-state index in [-0.39, 0.29) is 0 Å². The van der Waals surface area contributed by atoms with E-state index in [1.54, 1.807) is 0 Å². The predicted octanol–water partition coefficient (Wildman–Crippen LogP) is 3.41. The van der Waals surface area contributed by atoms with Crippen LogP contribution in [0.5, 0.6) is 0 Å². The average molecular weight is 209 g/mol. The van der Waals surface area contributed by atoms with Gasteiger partial charge in [0.25, 0.3) is 0 Å². The van der Waals surface area contributed by atoms with Gasteiger partial charge in [0, 0.05) is 12.2 Å². The molecule has 0 saturated heterocycles. The molecule has 1 aliphatic carbocycles. The van der Waals surface area contributed by atoms with Crippen molar-refractivity contribution < 1.29 is 0 Å². The van der Waals surface area contributed by atoms with E-state index < -0.39 is 0 Å². The van der Waals surface area contributed by atoms with E-state index in [2.05, 4.69) is 53.9 Å². The van der Waals surface area contributed by atoms with E-state index in [4.69, 9.17) is 0 Å². The topological polar surface area (TPSA) is 12.0 Å². The molecule has 3 rings (SSSR count). The smallest absolute Gasteiger partial charge is 0.0406 e. The normalized spacial score (nSPS) is 20.2. The van der Waals surface area contributed by atoms with Gasteiger partial charge in [0.2, 0.25) is 0 Å². The van der Waals surface area contributed by atoms with Crippen molar-refractivity contribution in [1.29, 1.82) is 0 Å². The van der Waals surface area contributed by atoms with Gasteiger partial charge in [-0.25, -0.2) is 0 Å². The van der Waals surface area contributed by atoms with Crippen molar-refractivity contribution in [2.24, 2.45) is 0 Å².